The van der Waals surface area contributed by atoms with E-state index in [0.717, 1.165) is 17.3 Å². The fraction of sp³-hybridized carbons (Fsp3) is 0.192. The lowest BCUT2D eigenvalue weighted by molar-refractivity contribution is 0.0914. The summed E-state index contributed by atoms with van der Waals surface area (Å²) in [6.45, 7) is 4.95. The van der Waals surface area contributed by atoms with Gasteiger partial charge in [0.05, 0.1) is 36.7 Å². The Kier molecular flexibility index (Phi) is 8.48. The number of hydrogen-bond acceptors (Lipinski definition) is 5. The molecule has 3 rings (SSSR count). The number of rotatable bonds is 10. The summed E-state index contributed by atoms with van der Waals surface area (Å²) in [5.74, 6) is -0.484. The molecule has 0 aliphatic heterocycles. The highest BCUT2D eigenvalue weighted by atomic mass is 19.1. The number of amides is 1. The second kappa shape index (κ2) is 11.7. The molecule has 3 aromatic rings. The SMILES string of the molecule is C=C/C(F)=C\C=C(/C)c1cc(-c2cccc(OC)c2C(=O)N[C@@H](CO)Cc2ccccn2)n[nH]1. The maximum Gasteiger partial charge on any atom is 0.256 e. The van der Waals surface area contributed by atoms with Gasteiger partial charge in [-0.2, -0.15) is 5.10 Å². The first-order valence-electron chi connectivity index (χ1n) is 10.7. The number of nitrogens with one attached hydrogen (secondary N) is 2. The highest BCUT2D eigenvalue weighted by Crippen LogP contribution is 2.31. The minimum atomic E-state index is -0.536. The molecular formula is C26H27FN4O3. The van der Waals surface area contributed by atoms with Crippen molar-refractivity contribution in [2.24, 2.45) is 0 Å². The second-order valence-corrected chi connectivity index (χ2v) is 7.53. The molecule has 0 saturated heterocycles. The number of aliphatic hydroxyl groups is 1. The summed E-state index contributed by atoms with van der Waals surface area (Å²) < 4.78 is 18.8. The van der Waals surface area contributed by atoms with Gasteiger partial charge in [0, 0.05) is 23.9 Å². The molecule has 0 spiro atoms. The van der Waals surface area contributed by atoms with E-state index < -0.39 is 17.8 Å². The van der Waals surface area contributed by atoms with Crippen molar-refractivity contribution in [3.8, 4) is 17.0 Å². The molecule has 7 nitrogen and oxygen atoms in total. The number of ether oxygens (including phenoxy) is 1. The van der Waals surface area contributed by atoms with E-state index in [4.69, 9.17) is 4.74 Å². The zero-order valence-corrected chi connectivity index (χ0v) is 19.1. The molecule has 1 amide bonds. The van der Waals surface area contributed by atoms with Crippen LogP contribution in [0.1, 0.15) is 28.7 Å². The van der Waals surface area contributed by atoms with Gasteiger partial charge in [-0.3, -0.25) is 14.9 Å². The number of allylic oxidation sites excluding steroid dienone is 5. The Morgan fingerprint density at radius 3 is 2.79 bits per heavy atom. The molecule has 0 aliphatic carbocycles. The van der Waals surface area contributed by atoms with Gasteiger partial charge in [-0.05, 0) is 48.9 Å². The third-order valence-corrected chi connectivity index (χ3v) is 5.18. The molecule has 8 heteroatoms. The van der Waals surface area contributed by atoms with Gasteiger partial charge in [-0.15, -0.1) is 0 Å². The number of nitrogens with zero attached hydrogens (tertiary/aromatic N) is 2. The van der Waals surface area contributed by atoms with Crippen LogP contribution in [0.4, 0.5) is 4.39 Å². The van der Waals surface area contributed by atoms with Crippen LogP contribution in [0.25, 0.3) is 16.8 Å². The third-order valence-electron chi connectivity index (χ3n) is 5.18. The van der Waals surface area contributed by atoms with E-state index in [1.54, 1.807) is 42.6 Å². The average molecular weight is 463 g/mol. The summed E-state index contributed by atoms with van der Waals surface area (Å²) in [4.78, 5) is 17.6. The lowest BCUT2D eigenvalue weighted by Gasteiger charge is -2.18. The molecule has 34 heavy (non-hydrogen) atoms. The van der Waals surface area contributed by atoms with Crippen molar-refractivity contribution >= 4 is 11.5 Å². The van der Waals surface area contributed by atoms with E-state index in [-0.39, 0.29) is 6.61 Å². The predicted molar refractivity (Wildman–Crippen MR) is 130 cm³/mol. The van der Waals surface area contributed by atoms with Gasteiger partial charge in [0.2, 0.25) is 0 Å². The first-order chi connectivity index (χ1) is 16.5. The minimum Gasteiger partial charge on any atom is -0.496 e. The first-order valence-corrected chi connectivity index (χ1v) is 10.7. The minimum absolute atomic E-state index is 0.252. The van der Waals surface area contributed by atoms with Gasteiger partial charge in [0.1, 0.15) is 11.6 Å². The lowest BCUT2D eigenvalue weighted by Crippen LogP contribution is -2.39. The molecule has 2 aromatic heterocycles. The smallest absolute Gasteiger partial charge is 0.256 e. The Morgan fingerprint density at radius 1 is 1.29 bits per heavy atom. The van der Waals surface area contributed by atoms with E-state index in [2.05, 4.69) is 27.1 Å². The molecule has 2 heterocycles. The number of aliphatic hydroxyl groups excluding tert-OH is 1. The molecule has 0 aliphatic rings. The fourth-order valence-corrected chi connectivity index (χ4v) is 3.36. The number of aromatic nitrogens is 3. The summed E-state index contributed by atoms with van der Waals surface area (Å²) in [5.41, 5.74) is 3.53. The molecule has 0 unspecified atom stereocenters. The van der Waals surface area contributed by atoms with E-state index in [1.807, 2.05) is 19.1 Å². The molecule has 1 aromatic carbocycles. The van der Waals surface area contributed by atoms with Gasteiger partial charge < -0.3 is 15.2 Å². The van der Waals surface area contributed by atoms with Crippen molar-refractivity contribution in [3.05, 3.63) is 96.2 Å². The Hall–Kier alpha value is -4.04. The van der Waals surface area contributed by atoms with Crippen molar-refractivity contribution in [2.75, 3.05) is 13.7 Å². The van der Waals surface area contributed by atoms with Crippen molar-refractivity contribution < 1.29 is 19.0 Å². The van der Waals surface area contributed by atoms with Gasteiger partial charge >= 0.3 is 0 Å². The zero-order valence-electron chi connectivity index (χ0n) is 19.1. The predicted octanol–water partition coefficient (Wildman–Crippen LogP) is 4.26. The third kappa shape index (κ3) is 6.05. The second-order valence-electron chi connectivity index (χ2n) is 7.53. The van der Waals surface area contributed by atoms with Crippen LogP contribution in [0.2, 0.25) is 0 Å². The number of H-pyrrole nitrogens is 1. The van der Waals surface area contributed by atoms with Crippen LogP contribution in [0, 0.1) is 0 Å². The molecule has 0 saturated carbocycles. The standard InChI is InChI=1S/C26H27FN4O3/c1-4-18(27)12-11-17(2)22-15-23(31-30-22)21-9-7-10-24(34-3)25(21)26(33)29-20(16-32)14-19-8-5-6-13-28-19/h4-13,15,20,32H,1,14,16H2,2-3H3,(H,29,33)(H,30,31)/b17-11+,18-12+/t20-/m1/s1. The summed E-state index contributed by atoms with van der Waals surface area (Å²) in [6.07, 6.45) is 6.08. The summed E-state index contributed by atoms with van der Waals surface area (Å²) >= 11 is 0. The molecular weight excluding hydrogens is 435 g/mol. The Morgan fingerprint density at radius 2 is 2.12 bits per heavy atom. The zero-order chi connectivity index (χ0) is 24.5. The number of pyridine rings is 1. The molecule has 176 valence electrons. The van der Waals surface area contributed by atoms with Crippen LogP contribution in [0.3, 0.4) is 0 Å². The molecule has 1 atom stereocenters. The number of aromatic amines is 1. The number of carbonyl (C=O) groups excluding carboxylic acids is 1. The van der Waals surface area contributed by atoms with Crippen LogP contribution in [-0.4, -0.2) is 46.0 Å². The summed E-state index contributed by atoms with van der Waals surface area (Å²) in [6, 6.07) is 11.9. The van der Waals surface area contributed by atoms with Crippen LogP contribution in [-0.2, 0) is 6.42 Å². The van der Waals surface area contributed by atoms with Crippen molar-refractivity contribution in [2.45, 2.75) is 19.4 Å². The van der Waals surface area contributed by atoms with E-state index >= 15 is 0 Å². The number of hydrogen-bond donors (Lipinski definition) is 3. The van der Waals surface area contributed by atoms with E-state index in [9.17, 15) is 14.3 Å². The number of halogens is 1. The molecule has 3 N–H and O–H groups in total. The van der Waals surface area contributed by atoms with Crippen LogP contribution >= 0.6 is 0 Å². The highest BCUT2D eigenvalue weighted by Gasteiger charge is 2.23. The van der Waals surface area contributed by atoms with Crippen molar-refractivity contribution in [1.29, 1.82) is 0 Å². The molecule has 0 bridgehead atoms. The van der Waals surface area contributed by atoms with Crippen LogP contribution < -0.4 is 10.1 Å². The quantitative estimate of drug-likeness (QED) is 0.391. The maximum absolute atomic E-state index is 13.4. The van der Waals surface area contributed by atoms with E-state index in [0.29, 0.717) is 34.7 Å². The number of carbonyl (C=O) groups is 1. The largest absolute Gasteiger partial charge is 0.496 e. The Labute approximate surface area is 197 Å². The average Bonchev–Trinajstić information content (AvgIpc) is 3.37. The van der Waals surface area contributed by atoms with Gasteiger partial charge in [-0.1, -0.05) is 30.9 Å². The van der Waals surface area contributed by atoms with E-state index in [1.165, 1.54) is 13.2 Å². The summed E-state index contributed by atoms with van der Waals surface area (Å²) in [5, 5.41) is 20.0. The van der Waals surface area contributed by atoms with Crippen LogP contribution in [0.15, 0.2) is 79.3 Å². The lowest BCUT2D eigenvalue weighted by atomic mass is 10.0. The Balaban J connectivity index is 1.91. The first kappa shape index (κ1) is 24.6. The monoisotopic (exact) mass is 462 g/mol. The normalized spacial score (nSPS) is 12.8. The van der Waals surface area contributed by atoms with Crippen LogP contribution in [0.5, 0.6) is 5.75 Å². The number of benzene rings is 1. The fourth-order valence-electron chi connectivity index (χ4n) is 3.36. The maximum atomic E-state index is 13.4. The van der Waals surface area contributed by atoms with Gasteiger partial charge in [0.25, 0.3) is 5.91 Å². The Bertz CT molecular complexity index is 1200. The summed E-state index contributed by atoms with van der Waals surface area (Å²) in [7, 11) is 1.48. The van der Waals surface area contributed by atoms with Gasteiger partial charge in [-0.25, -0.2) is 4.39 Å². The van der Waals surface area contributed by atoms with Crippen molar-refractivity contribution in [3.63, 3.8) is 0 Å². The van der Waals surface area contributed by atoms with Gasteiger partial charge in [0.15, 0.2) is 0 Å². The van der Waals surface area contributed by atoms with Crippen molar-refractivity contribution in [1.82, 2.24) is 20.5 Å². The molecule has 0 fully saturated rings. The molecule has 0 radical (unpaired) electrons. The highest BCUT2D eigenvalue weighted by molar-refractivity contribution is 6.03. The number of methoxy groups -OCH3 is 1. The topological polar surface area (TPSA) is 100 Å².